The molecule has 1 amide bonds. The lowest BCUT2D eigenvalue weighted by atomic mass is 9.98. The van der Waals surface area contributed by atoms with E-state index in [1.807, 2.05) is 18.2 Å². The topological polar surface area (TPSA) is 100 Å². The molecule has 2 N–H and O–H groups in total. The number of anilines is 1. The van der Waals surface area contributed by atoms with Gasteiger partial charge in [0.1, 0.15) is 5.69 Å². The number of carbonyl (C=O) groups is 1. The summed E-state index contributed by atoms with van der Waals surface area (Å²) < 4.78 is 1.20. The molecule has 3 heterocycles. The maximum Gasteiger partial charge on any atom is 0.328 e. The fourth-order valence-corrected chi connectivity index (χ4v) is 3.90. The molecule has 0 unspecified atom stereocenters. The van der Waals surface area contributed by atoms with Gasteiger partial charge >= 0.3 is 5.69 Å². The highest BCUT2D eigenvalue weighted by atomic mass is 16.2. The van der Waals surface area contributed by atoms with Gasteiger partial charge in [-0.3, -0.25) is 14.2 Å². The Morgan fingerprint density at radius 3 is 2.71 bits per heavy atom. The first-order valence-electron chi connectivity index (χ1n) is 10.4. The van der Waals surface area contributed by atoms with Gasteiger partial charge in [0.2, 0.25) is 0 Å². The fraction of sp³-hybridized carbons (Fsp3) is 0.304. The second kappa shape index (κ2) is 8.59. The number of nitrogens with zero attached hydrogens (tertiary/aromatic N) is 3. The van der Waals surface area contributed by atoms with Crippen LogP contribution in [0.3, 0.4) is 0 Å². The van der Waals surface area contributed by atoms with Crippen molar-refractivity contribution in [2.24, 2.45) is 0 Å². The molecule has 4 rings (SSSR count). The van der Waals surface area contributed by atoms with Gasteiger partial charge in [-0.25, -0.2) is 9.78 Å². The number of aromatic amines is 1. The van der Waals surface area contributed by atoms with Crippen LogP contribution >= 0.6 is 0 Å². The van der Waals surface area contributed by atoms with Crippen molar-refractivity contribution < 1.29 is 4.79 Å². The quantitative estimate of drug-likeness (QED) is 0.615. The average molecular weight is 419 g/mol. The van der Waals surface area contributed by atoms with Crippen molar-refractivity contribution in [2.75, 3.05) is 25.0 Å². The normalized spacial score (nSPS) is 13.9. The number of aromatic nitrogens is 3. The third-order valence-electron chi connectivity index (χ3n) is 5.67. The molecule has 160 valence electrons. The second-order valence-corrected chi connectivity index (χ2v) is 7.58. The summed E-state index contributed by atoms with van der Waals surface area (Å²) in [7, 11) is 1.59. The van der Waals surface area contributed by atoms with Crippen molar-refractivity contribution in [2.45, 2.75) is 26.3 Å². The molecule has 0 saturated carbocycles. The molecule has 0 bridgehead atoms. The smallest absolute Gasteiger partial charge is 0.328 e. The van der Waals surface area contributed by atoms with Gasteiger partial charge < -0.3 is 15.2 Å². The van der Waals surface area contributed by atoms with Crippen molar-refractivity contribution in [1.29, 1.82) is 0 Å². The van der Waals surface area contributed by atoms with Gasteiger partial charge in [-0.1, -0.05) is 17.7 Å². The second-order valence-electron chi connectivity index (χ2n) is 7.58. The lowest BCUT2D eigenvalue weighted by Crippen LogP contribution is -2.34. The monoisotopic (exact) mass is 419 g/mol. The van der Waals surface area contributed by atoms with Crippen LogP contribution in [0.4, 0.5) is 5.69 Å². The average Bonchev–Trinajstić information content (AvgIpc) is 2.79. The maximum absolute atomic E-state index is 12.4. The van der Waals surface area contributed by atoms with Gasteiger partial charge in [0, 0.05) is 26.7 Å². The molecule has 0 fully saturated rings. The zero-order valence-corrected chi connectivity index (χ0v) is 17.6. The summed E-state index contributed by atoms with van der Waals surface area (Å²) in [6, 6.07) is 9.29. The molecule has 0 atom stereocenters. The molecule has 1 aromatic carbocycles. The van der Waals surface area contributed by atoms with Crippen LogP contribution in [0.2, 0.25) is 0 Å². The third-order valence-corrected chi connectivity index (χ3v) is 5.67. The maximum atomic E-state index is 12.4. The number of amides is 1. The lowest BCUT2D eigenvalue weighted by molar-refractivity contribution is 0.0958. The minimum absolute atomic E-state index is 0.197. The fourth-order valence-electron chi connectivity index (χ4n) is 3.90. The summed E-state index contributed by atoms with van der Waals surface area (Å²) in [5, 5.41) is 3.10. The van der Waals surface area contributed by atoms with Gasteiger partial charge in [-0.2, -0.15) is 0 Å². The predicted molar refractivity (Wildman–Crippen MR) is 121 cm³/mol. The Bertz CT molecular complexity index is 1270. The minimum Gasteiger partial charge on any atom is -0.366 e. The molecule has 0 saturated heterocycles. The number of benzene rings is 1. The number of nitrogens with one attached hydrogen (secondary N) is 2. The van der Waals surface area contributed by atoms with Crippen LogP contribution in [0, 0.1) is 0 Å². The highest BCUT2D eigenvalue weighted by molar-refractivity contribution is 5.92. The summed E-state index contributed by atoms with van der Waals surface area (Å²) in [4.78, 5) is 45.4. The van der Waals surface area contributed by atoms with Gasteiger partial charge in [0.05, 0.1) is 22.8 Å². The summed E-state index contributed by atoms with van der Waals surface area (Å²) in [6.45, 7) is 3.75. The summed E-state index contributed by atoms with van der Waals surface area (Å²) in [5.41, 5.74) is 3.72. The van der Waals surface area contributed by atoms with Crippen LogP contribution in [0.25, 0.3) is 10.9 Å². The molecule has 3 aromatic rings. The Kier molecular flexibility index (Phi) is 5.70. The van der Waals surface area contributed by atoms with Crippen molar-refractivity contribution in [1.82, 2.24) is 19.9 Å². The molecule has 0 spiro atoms. The largest absolute Gasteiger partial charge is 0.366 e. The molecule has 0 radical (unpaired) electrons. The zero-order chi connectivity index (χ0) is 22.0. The number of carbonyl (C=O) groups excluding carboxylic acids is 1. The van der Waals surface area contributed by atoms with E-state index in [0.717, 1.165) is 37.2 Å². The molecule has 8 heteroatoms. The van der Waals surface area contributed by atoms with E-state index in [2.05, 4.69) is 26.3 Å². The van der Waals surface area contributed by atoms with E-state index < -0.39 is 0 Å². The zero-order valence-electron chi connectivity index (χ0n) is 17.6. The van der Waals surface area contributed by atoms with E-state index in [1.165, 1.54) is 10.1 Å². The first-order valence-corrected chi connectivity index (χ1v) is 10.4. The van der Waals surface area contributed by atoms with Crippen molar-refractivity contribution in [3.05, 3.63) is 80.3 Å². The van der Waals surface area contributed by atoms with Crippen LogP contribution in [0.15, 0.2) is 57.8 Å². The SMILES string of the molecule is CCn1c(=O)[nH]c2cc(CC3=CCN(c4ccc(C(=O)NC)nc4)CC3)ccc2c1=O. The van der Waals surface area contributed by atoms with E-state index in [4.69, 9.17) is 0 Å². The van der Waals surface area contributed by atoms with Gasteiger partial charge in [-0.15, -0.1) is 0 Å². The van der Waals surface area contributed by atoms with Crippen LogP contribution in [0.1, 0.15) is 29.4 Å². The van der Waals surface area contributed by atoms with E-state index in [1.54, 1.807) is 32.3 Å². The van der Waals surface area contributed by atoms with E-state index in [-0.39, 0.29) is 17.2 Å². The molecule has 0 aliphatic carbocycles. The highest BCUT2D eigenvalue weighted by Gasteiger charge is 2.15. The number of fused-ring (bicyclic) bond motifs is 1. The number of rotatable bonds is 5. The summed E-state index contributed by atoms with van der Waals surface area (Å²) in [6.07, 6.45) is 5.62. The van der Waals surface area contributed by atoms with E-state index in [9.17, 15) is 14.4 Å². The Morgan fingerprint density at radius 1 is 1.23 bits per heavy atom. The molecule has 1 aliphatic rings. The molecular weight excluding hydrogens is 394 g/mol. The summed E-state index contributed by atoms with van der Waals surface area (Å²) in [5.74, 6) is -0.197. The van der Waals surface area contributed by atoms with E-state index in [0.29, 0.717) is 23.1 Å². The Morgan fingerprint density at radius 2 is 2.06 bits per heavy atom. The molecule has 31 heavy (non-hydrogen) atoms. The van der Waals surface area contributed by atoms with Crippen LogP contribution < -0.4 is 21.5 Å². The van der Waals surface area contributed by atoms with Crippen molar-refractivity contribution >= 4 is 22.5 Å². The minimum atomic E-state index is -0.374. The summed E-state index contributed by atoms with van der Waals surface area (Å²) >= 11 is 0. The Hall–Kier alpha value is -3.68. The van der Waals surface area contributed by atoms with Crippen molar-refractivity contribution in [3.63, 3.8) is 0 Å². The standard InChI is InChI=1S/C23H25N5O3/c1-3-28-22(30)18-6-4-16(13-20(18)26-23(28)31)12-15-8-10-27(11-9-15)17-5-7-19(25-14-17)21(29)24-2/h4-8,13-14H,3,9-12H2,1-2H3,(H,24,29)(H,26,31). The molecular formula is C23H25N5O3. The van der Waals surface area contributed by atoms with E-state index >= 15 is 0 Å². The molecule has 2 aromatic heterocycles. The number of hydrogen-bond donors (Lipinski definition) is 2. The lowest BCUT2D eigenvalue weighted by Gasteiger charge is -2.28. The highest BCUT2D eigenvalue weighted by Crippen LogP contribution is 2.22. The molecule has 8 nitrogen and oxygen atoms in total. The van der Waals surface area contributed by atoms with Crippen LogP contribution in [0.5, 0.6) is 0 Å². The number of pyridine rings is 1. The van der Waals surface area contributed by atoms with Gasteiger partial charge in [0.25, 0.3) is 11.5 Å². The van der Waals surface area contributed by atoms with Crippen molar-refractivity contribution in [3.8, 4) is 0 Å². The Balaban J connectivity index is 1.48. The Labute approximate surface area is 179 Å². The van der Waals surface area contributed by atoms with Gasteiger partial charge in [-0.05, 0) is 49.6 Å². The first kappa shape index (κ1) is 20.6. The predicted octanol–water partition coefficient (Wildman–Crippen LogP) is 1.84. The number of hydrogen-bond acceptors (Lipinski definition) is 5. The van der Waals surface area contributed by atoms with Crippen LogP contribution in [-0.4, -0.2) is 40.6 Å². The third kappa shape index (κ3) is 4.14. The molecule has 1 aliphatic heterocycles. The first-order chi connectivity index (χ1) is 15.0. The number of H-pyrrole nitrogens is 1. The van der Waals surface area contributed by atoms with Gasteiger partial charge in [0.15, 0.2) is 0 Å². The van der Waals surface area contributed by atoms with Crippen LogP contribution in [-0.2, 0) is 13.0 Å².